The predicted molar refractivity (Wildman–Crippen MR) is 119 cm³/mol. The molecule has 0 radical (unpaired) electrons. The zero-order chi connectivity index (χ0) is 19.6. The van der Waals surface area contributed by atoms with Crippen molar-refractivity contribution in [3.05, 3.63) is 77.0 Å². The molecular weight excluding hydrogens is 356 g/mol. The Hall–Kier alpha value is -2.59. The van der Waals surface area contributed by atoms with Gasteiger partial charge in [0.2, 0.25) is 0 Å². The molecule has 2 aliphatic heterocycles. The van der Waals surface area contributed by atoms with E-state index in [-0.39, 0.29) is 0 Å². The number of anilines is 1. The lowest BCUT2D eigenvalue weighted by Crippen LogP contribution is -2.34. The van der Waals surface area contributed by atoms with Crippen molar-refractivity contribution >= 4 is 5.82 Å². The third-order valence-corrected chi connectivity index (χ3v) is 6.41. The van der Waals surface area contributed by atoms with Crippen molar-refractivity contribution in [3.63, 3.8) is 0 Å². The quantitative estimate of drug-likeness (QED) is 0.685. The molecule has 3 aromatic rings. The molecule has 2 aliphatic rings. The zero-order valence-corrected chi connectivity index (χ0v) is 17.3. The van der Waals surface area contributed by atoms with Gasteiger partial charge in [0.25, 0.3) is 0 Å². The Kier molecular flexibility index (Phi) is 5.11. The number of piperidine rings is 1. The second-order valence-electron chi connectivity index (χ2n) is 8.38. The van der Waals surface area contributed by atoms with Crippen molar-refractivity contribution in [2.45, 2.75) is 45.1 Å². The highest BCUT2D eigenvalue weighted by atomic mass is 15.3. The molecule has 1 unspecified atom stereocenters. The molecule has 1 fully saturated rings. The topological polar surface area (TPSA) is 33.1 Å². The second-order valence-corrected chi connectivity index (χ2v) is 8.38. The Bertz CT molecular complexity index is 958. The number of aromatic nitrogens is 2. The summed E-state index contributed by atoms with van der Waals surface area (Å²) in [6.07, 6.45) is 4.65. The first-order valence-corrected chi connectivity index (χ1v) is 11.0. The molecule has 1 saturated heterocycles. The number of aryl methyl sites for hydroxylation is 1. The van der Waals surface area contributed by atoms with Crippen LogP contribution in [-0.4, -0.2) is 34.3 Å². The summed E-state index contributed by atoms with van der Waals surface area (Å²) in [5, 5.41) is 8.74. The van der Waals surface area contributed by atoms with E-state index in [0.29, 0.717) is 5.92 Å². The van der Waals surface area contributed by atoms with Crippen molar-refractivity contribution < 1.29 is 0 Å². The predicted octanol–water partition coefficient (Wildman–Crippen LogP) is 4.78. The summed E-state index contributed by atoms with van der Waals surface area (Å²) < 4.78 is 2.15. The SMILES string of the molecule is CCc1ccc(-n2nc(C3CCCN(Cc4ccccc4)C3)c3c2NCC3)cc1. The number of hydrogen-bond acceptors (Lipinski definition) is 3. The standard InChI is InChI=1S/C25H30N4/c1-2-19-10-12-22(13-11-19)29-25-23(14-15-26-25)24(27-29)21-9-6-16-28(18-21)17-20-7-4-3-5-8-20/h3-5,7-8,10-13,21,26H,2,6,9,14-18H2,1H3. The van der Waals surface area contributed by atoms with Gasteiger partial charge in [-0.2, -0.15) is 5.10 Å². The molecule has 0 saturated carbocycles. The maximum atomic E-state index is 5.15. The van der Waals surface area contributed by atoms with Crippen LogP contribution in [0.1, 0.15) is 48.1 Å². The third kappa shape index (κ3) is 3.69. The molecular formula is C25H30N4. The fourth-order valence-corrected chi connectivity index (χ4v) is 4.85. The first kappa shape index (κ1) is 18.4. The molecule has 5 rings (SSSR count). The van der Waals surface area contributed by atoms with Gasteiger partial charge in [0.1, 0.15) is 5.82 Å². The monoisotopic (exact) mass is 386 g/mol. The van der Waals surface area contributed by atoms with Crippen LogP contribution in [0, 0.1) is 0 Å². The van der Waals surface area contributed by atoms with E-state index in [1.165, 1.54) is 47.6 Å². The van der Waals surface area contributed by atoms with Crippen molar-refractivity contribution in [3.8, 4) is 5.69 Å². The number of benzene rings is 2. The first-order chi connectivity index (χ1) is 14.3. The van der Waals surface area contributed by atoms with Gasteiger partial charge in [-0.05, 0) is 55.5 Å². The Morgan fingerprint density at radius 1 is 1.03 bits per heavy atom. The second kappa shape index (κ2) is 8.03. The van der Waals surface area contributed by atoms with Crippen molar-refractivity contribution in [1.82, 2.24) is 14.7 Å². The number of fused-ring (bicyclic) bond motifs is 1. The molecule has 4 heteroatoms. The van der Waals surface area contributed by atoms with Gasteiger partial charge >= 0.3 is 0 Å². The maximum absolute atomic E-state index is 5.15. The van der Waals surface area contributed by atoms with Gasteiger partial charge in [-0.15, -0.1) is 0 Å². The Labute approximate surface area is 173 Å². The first-order valence-electron chi connectivity index (χ1n) is 11.0. The summed E-state index contributed by atoms with van der Waals surface area (Å²) in [5.74, 6) is 1.74. The fourth-order valence-electron chi connectivity index (χ4n) is 4.85. The van der Waals surface area contributed by atoms with E-state index in [9.17, 15) is 0 Å². The van der Waals surface area contributed by atoms with Gasteiger partial charge < -0.3 is 5.32 Å². The highest BCUT2D eigenvalue weighted by Gasteiger charge is 2.30. The van der Waals surface area contributed by atoms with Gasteiger partial charge in [-0.25, -0.2) is 4.68 Å². The lowest BCUT2D eigenvalue weighted by atomic mass is 9.91. The smallest absolute Gasteiger partial charge is 0.133 e. The third-order valence-electron chi connectivity index (χ3n) is 6.41. The van der Waals surface area contributed by atoms with Gasteiger partial charge in [0.05, 0.1) is 11.4 Å². The molecule has 2 aromatic carbocycles. The summed E-state index contributed by atoms with van der Waals surface area (Å²) in [7, 11) is 0. The van der Waals surface area contributed by atoms with Crippen molar-refractivity contribution in [1.29, 1.82) is 0 Å². The van der Waals surface area contributed by atoms with Crippen LogP contribution in [0.4, 0.5) is 5.82 Å². The highest BCUT2D eigenvalue weighted by Crippen LogP contribution is 2.36. The molecule has 0 bridgehead atoms. The molecule has 1 N–H and O–H groups in total. The largest absolute Gasteiger partial charge is 0.369 e. The van der Waals surface area contributed by atoms with Crippen LogP contribution < -0.4 is 5.32 Å². The lowest BCUT2D eigenvalue weighted by Gasteiger charge is -2.32. The van der Waals surface area contributed by atoms with Gasteiger partial charge in [0.15, 0.2) is 0 Å². The fraction of sp³-hybridized carbons (Fsp3) is 0.400. The minimum Gasteiger partial charge on any atom is -0.369 e. The van der Waals surface area contributed by atoms with Crippen molar-refractivity contribution in [2.24, 2.45) is 0 Å². The Balaban J connectivity index is 1.40. The van der Waals surface area contributed by atoms with E-state index in [1.54, 1.807) is 0 Å². The number of hydrogen-bond donors (Lipinski definition) is 1. The van der Waals surface area contributed by atoms with Crippen LogP contribution in [0.2, 0.25) is 0 Å². The average molecular weight is 387 g/mol. The molecule has 150 valence electrons. The van der Waals surface area contributed by atoms with Crippen LogP contribution in [0.3, 0.4) is 0 Å². The normalized spacial score (nSPS) is 19.1. The number of likely N-dealkylation sites (tertiary alicyclic amines) is 1. The van der Waals surface area contributed by atoms with E-state index >= 15 is 0 Å². The molecule has 1 aromatic heterocycles. The van der Waals surface area contributed by atoms with Gasteiger partial charge in [0, 0.05) is 31.1 Å². The molecule has 4 nitrogen and oxygen atoms in total. The summed E-state index contributed by atoms with van der Waals surface area (Å²) in [6, 6.07) is 19.7. The number of nitrogens with zero attached hydrogens (tertiary/aromatic N) is 3. The molecule has 0 amide bonds. The molecule has 1 atom stereocenters. The highest BCUT2D eigenvalue weighted by molar-refractivity contribution is 5.58. The maximum Gasteiger partial charge on any atom is 0.133 e. The zero-order valence-electron chi connectivity index (χ0n) is 17.3. The Morgan fingerprint density at radius 2 is 1.86 bits per heavy atom. The van der Waals surface area contributed by atoms with E-state index in [2.05, 4.69) is 76.4 Å². The van der Waals surface area contributed by atoms with E-state index in [1.807, 2.05) is 0 Å². The van der Waals surface area contributed by atoms with Gasteiger partial charge in [-0.1, -0.05) is 49.4 Å². The minimum absolute atomic E-state index is 0.525. The minimum atomic E-state index is 0.525. The van der Waals surface area contributed by atoms with Crippen LogP contribution >= 0.6 is 0 Å². The summed E-state index contributed by atoms with van der Waals surface area (Å²) >= 11 is 0. The average Bonchev–Trinajstić information content (AvgIpc) is 3.38. The van der Waals surface area contributed by atoms with Gasteiger partial charge in [-0.3, -0.25) is 4.90 Å². The molecule has 0 aliphatic carbocycles. The lowest BCUT2D eigenvalue weighted by molar-refractivity contribution is 0.198. The molecule has 3 heterocycles. The summed E-state index contributed by atoms with van der Waals surface area (Å²) in [4.78, 5) is 2.60. The molecule has 0 spiro atoms. The van der Waals surface area contributed by atoms with E-state index in [0.717, 1.165) is 38.2 Å². The number of nitrogens with one attached hydrogen (secondary N) is 1. The molecule has 29 heavy (non-hydrogen) atoms. The van der Waals surface area contributed by atoms with Crippen LogP contribution in [0.25, 0.3) is 5.69 Å². The summed E-state index contributed by atoms with van der Waals surface area (Å²) in [6.45, 7) is 6.55. The summed E-state index contributed by atoms with van der Waals surface area (Å²) in [5.41, 5.74) is 6.70. The van der Waals surface area contributed by atoms with Crippen LogP contribution in [-0.2, 0) is 19.4 Å². The van der Waals surface area contributed by atoms with Crippen molar-refractivity contribution in [2.75, 3.05) is 25.0 Å². The Morgan fingerprint density at radius 3 is 2.66 bits per heavy atom. The van der Waals surface area contributed by atoms with E-state index < -0.39 is 0 Å². The van der Waals surface area contributed by atoms with Crippen LogP contribution in [0.15, 0.2) is 54.6 Å². The number of rotatable bonds is 5. The van der Waals surface area contributed by atoms with Crippen LogP contribution in [0.5, 0.6) is 0 Å². The van der Waals surface area contributed by atoms with E-state index in [4.69, 9.17) is 5.10 Å².